The van der Waals surface area contributed by atoms with Crippen molar-refractivity contribution in [1.29, 1.82) is 0 Å². The summed E-state index contributed by atoms with van der Waals surface area (Å²) in [6.45, 7) is 0. The summed E-state index contributed by atoms with van der Waals surface area (Å²) in [5.41, 5.74) is 1.00. The van der Waals surface area contributed by atoms with Crippen LogP contribution in [0.2, 0.25) is 0 Å². The molecule has 15 heavy (non-hydrogen) atoms. The number of likely N-dealkylation sites (N-methyl/N-ethyl adjacent to an activating group) is 1. The summed E-state index contributed by atoms with van der Waals surface area (Å²) in [4.78, 5) is 0. The molecule has 5 nitrogen and oxygen atoms in total. The van der Waals surface area contributed by atoms with E-state index >= 15 is 0 Å². The molecule has 0 aliphatic heterocycles. The Hall–Kier alpha value is -1.62. The van der Waals surface area contributed by atoms with Crippen molar-refractivity contribution >= 4 is 0 Å². The van der Waals surface area contributed by atoms with E-state index in [2.05, 4.69) is 5.32 Å². The third kappa shape index (κ3) is 1.27. The molecule has 82 valence electrons. The van der Waals surface area contributed by atoms with Gasteiger partial charge >= 0.3 is 0 Å². The molecule has 0 amide bonds. The molecule has 0 radical (unpaired) electrons. The monoisotopic (exact) mass is 211 g/mol. The van der Waals surface area contributed by atoms with Gasteiger partial charge in [0.2, 0.25) is 11.5 Å². The molecule has 0 saturated carbocycles. The zero-order valence-electron chi connectivity index (χ0n) is 8.28. The molecule has 0 atom stereocenters. The predicted octanol–water partition coefficient (Wildman–Crippen LogP) is 0.196. The number of benzene rings is 1. The number of aromatic hydroxyl groups is 4. The van der Waals surface area contributed by atoms with Gasteiger partial charge in [0.05, 0.1) is 0 Å². The lowest BCUT2D eigenvalue weighted by Crippen LogP contribution is -2.24. The van der Waals surface area contributed by atoms with E-state index < -0.39 is 11.5 Å². The van der Waals surface area contributed by atoms with Gasteiger partial charge < -0.3 is 25.7 Å². The standard InChI is InChI=1S/C10H13NO4/c1-11-4-2-5-6(3-4)8(13)10(15)9(14)7(5)12/h4,11-15H,2-3H2,1H3. The first kappa shape index (κ1) is 9.92. The molecule has 0 heterocycles. The molecule has 0 aromatic heterocycles. The van der Waals surface area contributed by atoms with Crippen LogP contribution < -0.4 is 5.32 Å². The molecule has 1 aromatic rings. The first-order valence-corrected chi connectivity index (χ1v) is 4.71. The van der Waals surface area contributed by atoms with Gasteiger partial charge in [-0.05, 0) is 19.9 Å². The number of hydrogen-bond acceptors (Lipinski definition) is 5. The largest absolute Gasteiger partial charge is 0.504 e. The Morgan fingerprint density at radius 2 is 1.27 bits per heavy atom. The van der Waals surface area contributed by atoms with Gasteiger partial charge in [0, 0.05) is 17.2 Å². The smallest absolute Gasteiger partial charge is 0.204 e. The second kappa shape index (κ2) is 3.20. The fourth-order valence-electron chi connectivity index (χ4n) is 2.00. The Kier molecular flexibility index (Phi) is 2.12. The molecule has 1 aliphatic rings. The number of phenols is 4. The molecule has 0 unspecified atom stereocenters. The third-order valence-corrected chi connectivity index (χ3v) is 2.92. The number of phenolic OH excluding ortho intramolecular Hbond substituents is 4. The summed E-state index contributed by atoms with van der Waals surface area (Å²) >= 11 is 0. The van der Waals surface area contributed by atoms with Crippen molar-refractivity contribution < 1.29 is 20.4 Å². The van der Waals surface area contributed by atoms with Gasteiger partial charge in [0.15, 0.2) is 11.5 Å². The van der Waals surface area contributed by atoms with Gasteiger partial charge in [0.25, 0.3) is 0 Å². The minimum absolute atomic E-state index is 0.109. The lowest BCUT2D eigenvalue weighted by atomic mass is 10.1. The zero-order chi connectivity index (χ0) is 11.2. The SMILES string of the molecule is CNC1Cc2c(O)c(O)c(O)c(O)c2C1. The minimum Gasteiger partial charge on any atom is -0.504 e. The topological polar surface area (TPSA) is 93.0 Å². The molecule has 2 rings (SSSR count). The normalized spacial score (nSPS) is 15.5. The van der Waals surface area contributed by atoms with E-state index in [4.69, 9.17) is 0 Å². The molecule has 1 aliphatic carbocycles. The lowest BCUT2D eigenvalue weighted by molar-refractivity contribution is 0.342. The van der Waals surface area contributed by atoms with E-state index in [0.717, 1.165) is 0 Å². The van der Waals surface area contributed by atoms with Crippen molar-refractivity contribution in [2.24, 2.45) is 0 Å². The first-order valence-electron chi connectivity index (χ1n) is 4.71. The van der Waals surface area contributed by atoms with E-state index in [1.165, 1.54) is 0 Å². The Bertz CT molecular complexity index is 380. The fourth-order valence-corrected chi connectivity index (χ4v) is 2.00. The molecule has 0 spiro atoms. The van der Waals surface area contributed by atoms with E-state index in [-0.39, 0.29) is 17.5 Å². The minimum atomic E-state index is -0.650. The zero-order valence-corrected chi connectivity index (χ0v) is 8.28. The highest BCUT2D eigenvalue weighted by Gasteiger charge is 2.30. The van der Waals surface area contributed by atoms with Crippen LogP contribution in [0.15, 0.2) is 0 Å². The molecule has 5 heteroatoms. The van der Waals surface area contributed by atoms with Crippen LogP contribution in [-0.2, 0) is 12.8 Å². The highest BCUT2D eigenvalue weighted by molar-refractivity contribution is 5.66. The van der Waals surface area contributed by atoms with Gasteiger partial charge in [-0.3, -0.25) is 0 Å². The molecular formula is C10H13NO4. The summed E-state index contributed by atoms with van der Waals surface area (Å²) in [7, 11) is 1.78. The second-order valence-electron chi connectivity index (χ2n) is 3.75. The Balaban J connectivity index is 2.59. The summed E-state index contributed by atoms with van der Waals surface area (Å²) in [6.07, 6.45) is 1.05. The van der Waals surface area contributed by atoms with Crippen molar-refractivity contribution in [3.05, 3.63) is 11.1 Å². The Morgan fingerprint density at radius 1 is 0.867 bits per heavy atom. The Morgan fingerprint density at radius 3 is 1.60 bits per heavy atom. The van der Waals surface area contributed by atoms with Gasteiger partial charge in [0.1, 0.15) is 0 Å². The molecule has 1 aromatic carbocycles. The number of nitrogens with one attached hydrogen (secondary N) is 1. The summed E-state index contributed by atoms with van der Waals surface area (Å²) in [5, 5.41) is 40.9. The van der Waals surface area contributed by atoms with Crippen LogP contribution in [0, 0.1) is 0 Å². The van der Waals surface area contributed by atoms with Gasteiger partial charge in [-0.15, -0.1) is 0 Å². The number of hydrogen-bond donors (Lipinski definition) is 5. The van der Waals surface area contributed by atoms with Crippen LogP contribution in [0.4, 0.5) is 0 Å². The van der Waals surface area contributed by atoms with Crippen LogP contribution in [0.3, 0.4) is 0 Å². The van der Waals surface area contributed by atoms with E-state index in [9.17, 15) is 20.4 Å². The van der Waals surface area contributed by atoms with Crippen LogP contribution in [0.25, 0.3) is 0 Å². The average molecular weight is 211 g/mol. The molecule has 0 saturated heterocycles. The molecule has 0 bridgehead atoms. The average Bonchev–Trinajstić information content (AvgIpc) is 2.67. The second-order valence-corrected chi connectivity index (χ2v) is 3.75. The summed E-state index contributed by atoms with van der Waals surface area (Å²) in [6, 6.07) is 0.109. The van der Waals surface area contributed by atoms with Crippen molar-refractivity contribution in [2.45, 2.75) is 18.9 Å². The molecule has 5 N–H and O–H groups in total. The molecular weight excluding hydrogens is 198 g/mol. The number of fused-ring (bicyclic) bond motifs is 1. The van der Waals surface area contributed by atoms with Crippen LogP contribution in [0.1, 0.15) is 11.1 Å². The lowest BCUT2D eigenvalue weighted by Gasteiger charge is -2.09. The van der Waals surface area contributed by atoms with Gasteiger partial charge in [-0.1, -0.05) is 0 Å². The van der Waals surface area contributed by atoms with Crippen LogP contribution in [0.5, 0.6) is 23.0 Å². The summed E-state index contributed by atoms with van der Waals surface area (Å²) < 4.78 is 0. The van der Waals surface area contributed by atoms with Crippen molar-refractivity contribution in [3.8, 4) is 23.0 Å². The van der Waals surface area contributed by atoms with Crippen LogP contribution >= 0.6 is 0 Å². The van der Waals surface area contributed by atoms with Gasteiger partial charge in [-0.25, -0.2) is 0 Å². The fraction of sp³-hybridized carbons (Fsp3) is 0.400. The predicted molar refractivity (Wildman–Crippen MR) is 53.4 cm³/mol. The van der Waals surface area contributed by atoms with E-state index in [0.29, 0.717) is 24.0 Å². The van der Waals surface area contributed by atoms with E-state index in [1.54, 1.807) is 7.05 Å². The maximum Gasteiger partial charge on any atom is 0.204 e. The highest BCUT2D eigenvalue weighted by Crippen LogP contribution is 2.49. The number of rotatable bonds is 1. The highest BCUT2D eigenvalue weighted by atomic mass is 16.3. The van der Waals surface area contributed by atoms with Gasteiger partial charge in [-0.2, -0.15) is 0 Å². The maximum atomic E-state index is 9.59. The van der Waals surface area contributed by atoms with Crippen molar-refractivity contribution in [2.75, 3.05) is 7.05 Å². The quantitative estimate of drug-likeness (QED) is 0.338. The van der Waals surface area contributed by atoms with Crippen molar-refractivity contribution in [1.82, 2.24) is 5.32 Å². The van der Waals surface area contributed by atoms with Crippen LogP contribution in [-0.4, -0.2) is 33.5 Å². The molecule has 0 fully saturated rings. The first-order chi connectivity index (χ1) is 7.06. The maximum absolute atomic E-state index is 9.59. The summed E-state index contributed by atoms with van der Waals surface area (Å²) in [5.74, 6) is -1.97. The Labute approximate surface area is 86.6 Å². The third-order valence-electron chi connectivity index (χ3n) is 2.92. The van der Waals surface area contributed by atoms with Crippen molar-refractivity contribution in [3.63, 3.8) is 0 Å². The van der Waals surface area contributed by atoms with E-state index in [1.807, 2.05) is 0 Å².